The van der Waals surface area contributed by atoms with Crippen molar-refractivity contribution in [2.75, 3.05) is 0 Å². The van der Waals surface area contributed by atoms with Crippen LogP contribution < -0.4 is 5.73 Å². The van der Waals surface area contributed by atoms with Crippen LogP contribution in [-0.4, -0.2) is 5.84 Å². The highest BCUT2D eigenvalue weighted by atomic mass is 32.1. The van der Waals surface area contributed by atoms with Crippen molar-refractivity contribution < 1.29 is 0 Å². The molecule has 0 radical (unpaired) electrons. The van der Waals surface area contributed by atoms with Crippen molar-refractivity contribution in [3.05, 3.63) is 29.6 Å². The maximum Gasteiger partial charge on any atom is 0.0965 e. The lowest BCUT2D eigenvalue weighted by Crippen LogP contribution is -2.03. The molecular formula is C10H10N2S. The number of benzene rings is 1. The summed E-state index contributed by atoms with van der Waals surface area (Å²) < 4.78 is 1.20. The first-order chi connectivity index (χ1) is 6.27. The summed E-state index contributed by atoms with van der Waals surface area (Å²) in [4.78, 5) is 4.26. The molecule has 0 unspecified atom stereocenters. The number of fused-ring (bicyclic) bond motifs is 1. The van der Waals surface area contributed by atoms with Crippen LogP contribution in [0.25, 0.3) is 10.1 Å². The van der Waals surface area contributed by atoms with Crippen LogP contribution in [0.4, 0.5) is 5.69 Å². The zero-order valence-electron chi connectivity index (χ0n) is 7.32. The molecule has 1 aromatic heterocycles. The van der Waals surface area contributed by atoms with Crippen molar-refractivity contribution in [3.8, 4) is 0 Å². The molecule has 2 N–H and O–H groups in total. The molecule has 0 spiro atoms. The van der Waals surface area contributed by atoms with Gasteiger partial charge in [-0.25, -0.2) is 4.99 Å². The van der Waals surface area contributed by atoms with E-state index in [0.717, 1.165) is 5.69 Å². The second-order valence-corrected chi connectivity index (χ2v) is 3.79. The van der Waals surface area contributed by atoms with E-state index in [0.29, 0.717) is 5.84 Å². The largest absolute Gasteiger partial charge is 0.387 e. The van der Waals surface area contributed by atoms with Gasteiger partial charge in [-0.1, -0.05) is 12.1 Å². The minimum absolute atomic E-state index is 0.598. The normalized spacial score (nSPS) is 12.2. The Kier molecular flexibility index (Phi) is 2.02. The fraction of sp³-hybridized carbons (Fsp3) is 0.100. The molecule has 2 aromatic rings. The van der Waals surface area contributed by atoms with Crippen LogP contribution in [-0.2, 0) is 0 Å². The highest BCUT2D eigenvalue weighted by molar-refractivity contribution is 7.17. The first-order valence-corrected chi connectivity index (χ1v) is 4.92. The topological polar surface area (TPSA) is 38.4 Å². The molecule has 0 amide bonds. The third-order valence-corrected chi connectivity index (χ3v) is 2.71. The summed E-state index contributed by atoms with van der Waals surface area (Å²) in [6.45, 7) is 1.80. The van der Waals surface area contributed by atoms with E-state index >= 15 is 0 Å². The number of hydrogen-bond donors (Lipinski definition) is 1. The Morgan fingerprint density at radius 3 is 3.00 bits per heavy atom. The molecule has 0 aliphatic rings. The summed E-state index contributed by atoms with van der Waals surface area (Å²) in [5.74, 6) is 0.598. The molecule has 0 fully saturated rings. The van der Waals surface area contributed by atoms with Gasteiger partial charge in [0.2, 0.25) is 0 Å². The van der Waals surface area contributed by atoms with Crippen LogP contribution >= 0.6 is 11.3 Å². The maximum atomic E-state index is 5.54. The van der Waals surface area contributed by atoms with Crippen molar-refractivity contribution in [3.63, 3.8) is 0 Å². The molecule has 66 valence electrons. The molecule has 0 aliphatic carbocycles. The Balaban J connectivity index is 2.68. The lowest BCUT2D eigenvalue weighted by molar-refractivity contribution is 1.48. The highest BCUT2D eigenvalue weighted by Gasteiger charge is 1.99. The first-order valence-electron chi connectivity index (χ1n) is 4.04. The number of rotatable bonds is 1. The predicted octanol–water partition coefficient (Wildman–Crippen LogP) is 2.91. The molecule has 2 nitrogen and oxygen atoms in total. The Bertz CT molecular complexity index is 453. The molecule has 0 saturated heterocycles. The van der Waals surface area contributed by atoms with Gasteiger partial charge in [-0.15, -0.1) is 11.3 Å². The summed E-state index contributed by atoms with van der Waals surface area (Å²) in [6, 6.07) is 8.15. The monoisotopic (exact) mass is 190 g/mol. The van der Waals surface area contributed by atoms with Gasteiger partial charge in [0, 0.05) is 0 Å². The van der Waals surface area contributed by atoms with Crippen LogP contribution in [0.5, 0.6) is 0 Å². The zero-order chi connectivity index (χ0) is 9.26. The number of nitrogens with zero attached hydrogens (tertiary/aromatic N) is 1. The van der Waals surface area contributed by atoms with Gasteiger partial charge < -0.3 is 5.73 Å². The predicted molar refractivity (Wildman–Crippen MR) is 58.8 cm³/mol. The Hall–Kier alpha value is -1.35. The molecule has 3 heteroatoms. The number of hydrogen-bond acceptors (Lipinski definition) is 2. The van der Waals surface area contributed by atoms with Crippen LogP contribution in [0.3, 0.4) is 0 Å². The standard InChI is InChI=1S/C10H10N2S/c1-7(11)12-9-4-2-3-8-5-6-13-10(8)9/h2-6H,1H3,(H2,11,12). The van der Waals surface area contributed by atoms with E-state index in [1.165, 1.54) is 10.1 Å². The van der Waals surface area contributed by atoms with E-state index < -0.39 is 0 Å². The van der Waals surface area contributed by atoms with Gasteiger partial charge in [0.25, 0.3) is 0 Å². The van der Waals surface area contributed by atoms with E-state index in [1.54, 1.807) is 18.3 Å². The minimum atomic E-state index is 0.598. The number of amidine groups is 1. The van der Waals surface area contributed by atoms with Gasteiger partial charge in [-0.3, -0.25) is 0 Å². The van der Waals surface area contributed by atoms with Crippen LogP contribution in [0.2, 0.25) is 0 Å². The van der Waals surface area contributed by atoms with Crippen molar-refractivity contribution in [2.24, 2.45) is 10.7 Å². The number of thiophene rings is 1. The maximum absolute atomic E-state index is 5.54. The van der Waals surface area contributed by atoms with Gasteiger partial charge in [0.1, 0.15) is 0 Å². The average Bonchev–Trinajstić information content (AvgIpc) is 2.51. The second kappa shape index (κ2) is 3.18. The fourth-order valence-corrected chi connectivity index (χ4v) is 2.11. The summed E-state index contributed by atoms with van der Waals surface area (Å²) in [5, 5.41) is 3.29. The molecule has 0 atom stereocenters. The molecule has 0 aliphatic heterocycles. The second-order valence-electron chi connectivity index (χ2n) is 2.87. The molecule has 0 saturated carbocycles. The van der Waals surface area contributed by atoms with E-state index in [2.05, 4.69) is 22.5 Å². The van der Waals surface area contributed by atoms with Crippen LogP contribution in [0.1, 0.15) is 6.92 Å². The number of nitrogens with two attached hydrogens (primary N) is 1. The molecule has 13 heavy (non-hydrogen) atoms. The summed E-state index contributed by atoms with van der Waals surface area (Å²) in [6.07, 6.45) is 0. The van der Waals surface area contributed by atoms with Gasteiger partial charge >= 0.3 is 0 Å². The molecule has 0 bridgehead atoms. The summed E-state index contributed by atoms with van der Waals surface area (Å²) in [7, 11) is 0. The lowest BCUT2D eigenvalue weighted by atomic mass is 10.2. The number of aliphatic imine (C=N–C) groups is 1. The quantitative estimate of drug-likeness (QED) is 0.545. The first kappa shape index (κ1) is 8.26. The Labute approximate surface area is 80.7 Å². The van der Waals surface area contributed by atoms with E-state index in [-0.39, 0.29) is 0 Å². The van der Waals surface area contributed by atoms with E-state index in [9.17, 15) is 0 Å². The van der Waals surface area contributed by atoms with E-state index in [1.807, 2.05) is 12.1 Å². The fourth-order valence-electron chi connectivity index (χ4n) is 1.26. The van der Waals surface area contributed by atoms with Gasteiger partial charge in [-0.05, 0) is 29.8 Å². The molecule has 2 rings (SSSR count). The Morgan fingerprint density at radius 1 is 1.38 bits per heavy atom. The SMILES string of the molecule is CC(N)=Nc1cccc2ccsc12. The van der Waals surface area contributed by atoms with Crippen molar-refractivity contribution in [2.45, 2.75) is 6.92 Å². The third kappa shape index (κ3) is 1.55. The highest BCUT2D eigenvalue weighted by Crippen LogP contribution is 2.30. The van der Waals surface area contributed by atoms with Gasteiger partial charge in [0.05, 0.1) is 16.2 Å². The van der Waals surface area contributed by atoms with E-state index in [4.69, 9.17) is 5.73 Å². The molecule has 1 heterocycles. The van der Waals surface area contributed by atoms with Gasteiger partial charge in [0.15, 0.2) is 0 Å². The van der Waals surface area contributed by atoms with Crippen LogP contribution in [0.15, 0.2) is 34.6 Å². The lowest BCUT2D eigenvalue weighted by Gasteiger charge is -1.96. The van der Waals surface area contributed by atoms with Gasteiger partial charge in [-0.2, -0.15) is 0 Å². The van der Waals surface area contributed by atoms with Crippen molar-refractivity contribution >= 4 is 32.9 Å². The van der Waals surface area contributed by atoms with Crippen molar-refractivity contribution in [1.82, 2.24) is 0 Å². The average molecular weight is 190 g/mol. The summed E-state index contributed by atoms with van der Waals surface area (Å²) in [5.41, 5.74) is 6.50. The van der Waals surface area contributed by atoms with Crippen molar-refractivity contribution in [1.29, 1.82) is 0 Å². The minimum Gasteiger partial charge on any atom is -0.387 e. The molecular weight excluding hydrogens is 180 g/mol. The third-order valence-electron chi connectivity index (χ3n) is 1.76. The zero-order valence-corrected chi connectivity index (χ0v) is 8.14. The van der Waals surface area contributed by atoms with Crippen LogP contribution in [0, 0.1) is 0 Å². The summed E-state index contributed by atoms with van der Waals surface area (Å²) >= 11 is 1.69. The smallest absolute Gasteiger partial charge is 0.0965 e. The Morgan fingerprint density at radius 2 is 2.23 bits per heavy atom. The molecule has 1 aromatic carbocycles.